The van der Waals surface area contributed by atoms with Crippen molar-refractivity contribution in [2.75, 3.05) is 27.3 Å². The van der Waals surface area contributed by atoms with Gasteiger partial charge in [-0.25, -0.2) is 4.99 Å². The summed E-state index contributed by atoms with van der Waals surface area (Å²) < 4.78 is 20.4. The second-order valence-electron chi connectivity index (χ2n) is 10.1. The van der Waals surface area contributed by atoms with Crippen molar-refractivity contribution < 1.29 is 19.0 Å². The highest BCUT2D eigenvalue weighted by molar-refractivity contribution is 9.10. The molecule has 1 aromatic heterocycles. The first-order chi connectivity index (χ1) is 21.3. The molecule has 8 nitrogen and oxygen atoms in total. The van der Waals surface area contributed by atoms with Crippen molar-refractivity contribution in [2.45, 2.75) is 33.4 Å². The highest BCUT2D eigenvalue weighted by atomic mass is 79.9. The lowest BCUT2D eigenvalue weighted by atomic mass is 9.93. The highest BCUT2D eigenvalue weighted by Gasteiger charge is 2.36. The average Bonchev–Trinajstić information content (AvgIpc) is 3.34. The van der Waals surface area contributed by atoms with Crippen LogP contribution in [0.25, 0.3) is 6.08 Å². The van der Waals surface area contributed by atoms with Gasteiger partial charge in [-0.05, 0) is 68.8 Å². The summed E-state index contributed by atoms with van der Waals surface area (Å²) >= 11 is 4.83. The lowest BCUT2D eigenvalue weighted by Gasteiger charge is -2.30. The third kappa shape index (κ3) is 6.23. The lowest BCUT2D eigenvalue weighted by molar-refractivity contribution is -0.127. The van der Waals surface area contributed by atoms with Crippen LogP contribution in [0.3, 0.4) is 0 Å². The van der Waals surface area contributed by atoms with E-state index < -0.39 is 6.04 Å². The first-order valence-electron chi connectivity index (χ1n) is 14.3. The molecule has 10 heteroatoms. The number of amides is 1. The van der Waals surface area contributed by atoms with E-state index in [1.54, 1.807) is 35.8 Å². The summed E-state index contributed by atoms with van der Waals surface area (Å²) in [6, 6.07) is 20.2. The second kappa shape index (κ2) is 13.7. The molecule has 0 aliphatic carbocycles. The van der Waals surface area contributed by atoms with Crippen LogP contribution in [-0.2, 0) is 11.4 Å². The fraction of sp³-hybridized carbons (Fsp3) is 0.265. The van der Waals surface area contributed by atoms with Gasteiger partial charge in [-0.1, -0.05) is 57.6 Å². The number of aromatic nitrogens is 1. The quantitative estimate of drug-likeness (QED) is 0.223. The van der Waals surface area contributed by atoms with Crippen LogP contribution in [0, 0.1) is 0 Å². The van der Waals surface area contributed by atoms with E-state index in [4.69, 9.17) is 19.2 Å². The van der Waals surface area contributed by atoms with E-state index in [0.29, 0.717) is 63.1 Å². The number of halogens is 1. The maximum atomic E-state index is 14.3. The number of allylic oxidation sites excluding steroid dienone is 1. The number of carbonyl (C=O) groups is 1. The Morgan fingerprint density at radius 1 is 1.02 bits per heavy atom. The molecule has 0 fully saturated rings. The van der Waals surface area contributed by atoms with Crippen molar-refractivity contribution in [3.05, 3.63) is 119 Å². The van der Waals surface area contributed by atoms with Gasteiger partial charge in [0.15, 0.2) is 4.80 Å². The highest BCUT2D eigenvalue weighted by Crippen LogP contribution is 2.38. The molecule has 0 radical (unpaired) electrons. The summed E-state index contributed by atoms with van der Waals surface area (Å²) in [5, 5.41) is 0. The molecule has 44 heavy (non-hydrogen) atoms. The Morgan fingerprint density at radius 3 is 2.43 bits per heavy atom. The molecule has 3 aromatic carbocycles. The normalized spacial score (nSPS) is 14.6. The maximum Gasteiger partial charge on any atom is 0.271 e. The lowest BCUT2D eigenvalue weighted by Crippen LogP contribution is -2.43. The Morgan fingerprint density at radius 2 is 1.75 bits per heavy atom. The molecule has 0 spiro atoms. The van der Waals surface area contributed by atoms with E-state index >= 15 is 0 Å². The van der Waals surface area contributed by atoms with Gasteiger partial charge in [0, 0.05) is 28.7 Å². The van der Waals surface area contributed by atoms with Gasteiger partial charge in [0.05, 0.1) is 30.0 Å². The third-order valence-corrected chi connectivity index (χ3v) is 9.01. The number of fused-ring (bicyclic) bond motifs is 1. The SMILES string of the molecule is CCN(CC)C(=O)C1=C(C)N=c2s/c(=C/c3cc(Br)ccc3OCc3ccccc3)c(=O)n2[C@@H]1c1cc(OC)ccc1OC. The van der Waals surface area contributed by atoms with Crippen molar-refractivity contribution in [3.8, 4) is 17.2 Å². The van der Waals surface area contributed by atoms with E-state index in [1.165, 1.54) is 11.3 Å². The van der Waals surface area contributed by atoms with Crippen molar-refractivity contribution >= 4 is 39.2 Å². The van der Waals surface area contributed by atoms with Gasteiger partial charge in [-0.15, -0.1) is 0 Å². The fourth-order valence-corrected chi connectivity index (χ4v) is 6.68. The van der Waals surface area contributed by atoms with Crippen molar-refractivity contribution in [1.29, 1.82) is 0 Å². The molecule has 1 atom stereocenters. The Hall–Kier alpha value is -4.15. The standard InChI is InChI=1S/C34H34BrN3O5S/c1-6-37(7-2)33(40)30-21(3)36-34-38(31(30)26-19-25(41-4)14-16-28(26)42-5)32(39)29(44-34)18-23-17-24(35)13-15-27(23)43-20-22-11-9-8-10-12-22/h8-19,31H,6-7,20H2,1-5H3/b29-18+/t31-/m1/s1. The van der Waals surface area contributed by atoms with Gasteiger partial charge < -0.3 is 19.1 Å². The summed E-state index contributed by atoms with van der Waals surface area (Å²) in [4.78, 5) is 35.3. The van der Waals surface area contributed by atoms with Crippen LogP contribution >= 0.6 is 27.3 Å². The number of nitrogens with zero attached hydrogens (tertiary/aromatic N) is 3. The van der Waals surface area contributed by atoms with E-state index in [-0.39, 0.29) is 11.5 Å². The van der Waals surface area contributed by atoms with Gasteiger partial charge in [0.2, 0.25) is 0 Å². The molecule has 1 aliphatic rings. The monoisotopic (exact) mass is 675 g/mol. The van der Waals surface area contributed by atoms with Crippen LogP contribution in [0.2, 0.25) is 0 Å². The van der Waals surface area contributed by atoms with Crippen molar-refractivity contribution in [3.63, 3.8) is 0 Å². The topological polar surface area (TPSA) is 82.4 Å². The zero-order valence-corrected chi connectivity index (χ0v) is 27.7. The molecule has 0 saturated heterocycles. The van der Waals surface area contributed by atoms with Crippen molar-refractivity contribution in [2.24, 2.45) is 4.99 Å². The number of ether oxygens (including phenoxy) is 3. The Bertz CT molecular complexity index is 1890. The second-order valence-corrected chi connectivity index (χ2v) is 12.0. The molecule has 4 aromatic rings. The summed E-state index contributed by atoms with van der Waals surface area (Å²) in [7, 11) is 3.15. The third-order valence-electron chi connectivity index (χ3n) is 7.53. The average molecular weight is 677 g/mol. The number of likely N-dealkylation sites (N-methyl/N-ethyl adjacent to an activating group) is 1. The molecule has 2 heterocycles. The molecule has 0 N–H and O–H groups in total. The number of carbonyl (C=O) groups excluding carboxylic acids is 1. The Labute approximate surface area is 268 Å². The van der Waals surface area contributed by atoms with E-state index in [9.17, 15) is 9.59 Å². The minimum absolute atomic E-state index is 0.177. The number of hydrogen-bond donors (Lipinski definition) is 0. The van der Waals surface area contributed by atoms with Crippen molar-refractivity contribution in [1.82, 2.24) is 9.47 Å². The molecule has 5 rings (SSSR count). The van der Waals surface area contributed by atoms with E-state index in [1.807, 2.05) is 81.4 Å². The smallest absolute Gasteiger partial charge is 0.271 e. The molecule has 1 aliphatic heterocycles. The largest absolute Gasteiger partial charge is 0.497 e. The van der Waals surface area contributed by atoms with Gasteiger partial charge in [-0.2, -0.15) is 0 Å². The first-order valence-corrected chi connectivity index (χ1v) is 15.9. The summed E-state index contributed by atoms with van der Waals surface area (Å²) in [5.74, 6) is 1.58. The van der Waals surface area contributed by atoms with Gasteiger partial charge in [0.25, 0.3) is 11.5 Å². The minimum atomic E-state index is -0.775. The van der Waals surface area contributed by atoms with Gasteiger partial charge in [0.1, 0.15) is 29.9 Å². The zero-order chi connectivity index (χ0) is 31.4. The number of rotatable bonds is 10. The van der Waals surface area contributed by atoms with Crippen LogP contribution in [0.1, 0.15) is 43.5 Å². The number of hydrogen-bond acceptors (Lipinski definition) is 7. The number of methoxy groups -OCH3 is 2. The molecule has 228 valence electrons. The van der Waals surface area contributed by atoms with Crippen LogP contribution in [-0.4, -0.2) is 42.7 Å². The minimum Gasteiger partial charge on any atom is -0.497 e. The van der Waals surface area contributed by atoms with Crippen LogP contribution in [0.5, 0.6) is 17.2 Å². The Balaban J connectivity index is 1.70. The van der Waals surface area contributed by atoms with Crippen LogP contribution in [0.4, 0.5) is 0 Å². The molecule has 0 bridgehead atoms. The molecule has 0 unspecified atom stereocenters. The van der Waals surface area contributed by atoms with E-state index in [0.717, 1.165) is 15.6 Å². The van der Waals surface area contributed by atoms with Gasteiger partial charge >= 0.3 is 0 Å². The molecular weight excluding hydrogens is 642 g/mol. The summed E-state index contributed by atoms with van der Waals surface area (Å²) in [5.41, 5.74) is 3.13. The first kappa shape index (κ1) is 31.3. The number of thiazole rings is 1. The van der Waals surface area contributed by atoms with Crippen LogP contribution < -0.4 is 29.1 Å². The molecule has 0 saturated carbocycles. The Kier molecular flexibility index (Phi) is 9.71. The maximum absolute atomic E-state index is 14.3. The van der Waals surface area contributed by atoms with Gasteiger partial charge in [-0.3, -0.25) is 14.2 Å². The number of benzene rings is 3. The van der Waals surface area contributed by atoms with Crippen LogP contribution in [0.15, 0.2) is 92.3 Å². The predicted molar refractivity (Wildman–Crippen MR) is 176 cm³/mol. The summed E-state index contributed by atoms with van der Waals surface area (Å²) in [6.07, 6.45) is 1.82. The predicted octanol–water partition coefficient (Wildman–Crippen LogP) is 5.46. The molecule has 1 amide bonds. The molecular formula is C34H34BrN3O5S. The zero-order valence-electron chi connectivity index (χ0n) is 25.3. The van der Waals surface area contributed by atoms with E-state index in [2.05, 4.69) is 15.9 Å². The fourth-order valence-electron chi connectivity index (χ4n) is 5.26. The summed E-state index contributed by atoms with van der Waals surface area (Å²) in [6.45, 7) is 7.11.